The van der Waals surface area contributed by atoms with Crippen molar-refractivity contribution in [1.29, 1.82) is 0 Å². The van der Waals surface area contributed by atoms with Crippen molar-refractivity contribution in [2.45, 2.75) is 0 Å². The Morgan fingerprint density at radius 1 is 0.714 bits per heavy atom. The van der Waals surface area contributed by atoms with Gasteiger partial charge in [0, 0.05) is 67.1 Å². The van der Waals surface area contributed by atoms with Crippen molar-refractivity contribution in [2.24, 2.45) is 0 Å². The first-order valence-corrected chi connectivity index (χ1v) is 9.35. The van der Waals surface area contributed by atoms with Crippen molar-refractivity contribution in [2.75, 3.05) is 0 Å². The Balaban J connectivity index is -0.0000000150. The molecule has 0 rings (SSSR count). The number of hydrogen-bond acceptors (Lipinski definition) is 3. The molecule has 0 saturated heterocycles. The fourth-order valence-electron chi connectivity index (χ4n) is 0. The van der Waals surface area contributed by atoms with Gasteiger partial charge < -0.3 is 0 Å². The fraction of sp³-hybridized carbons (Fsp3) is 0. The average molecular weight is 498 g/mol. The first-order chi connectivity index (χ1) is 1.73. The largest absolute Gasteiger partial charge is 0 e. The Kier molecular flexibility index (Phi) is 52.7. The van der Waals surface area contributed by atoms with Crippen molar-refractivity contribution >= 4 is 43.9 Å². The maximum atomic E-state index is 3.84. The van der Waals surface area contributed by atoms with Crippen LogP contribution < -0.4 is 0 Å². The second kappa shape index (κ2) is 16.4. The van der Waals surface area contributed by atoms with Crippen molar-refractivity contribution in [3.63, 3.8) is 0 Å². The normalized spacial score (nSPS) is 5.14. The molecule has 59 valence electrons. The molecular weight excluding hydrogens is 495 g/mol. The summed E-state index contributed by atoms with van der Waals surface area (Å²) in [5.74, 6) is 0. The van der Waals surface area contributed by atoms with Crippen LogP contribution in [0.25, 0.3) is 0 Å². The zero-order chi connectivity index (χ0) is 3.58. The molecule has 0 N–H and O–H groups in total. The summed E-state index contributed by atoms with van der Waals surface area (Å²) in [5, 5.41) is 0. The van der Waals surface area contributed by atoms with Crippen molar-refractivity contribution in [3.05, 3.63) is 0 Å². The predicted octanol–water partition coefficient (Wildman–Crippen LogP) is 0.753. The zero-order valence-corrected chi connectivity index (χ0v) is 11.7. The summed E-state index contributed by atoms with van der Waals surface area (Å²) in [6.45, 7) is 0. The van der Waals surface area contributed by atoms with E-state index in [1.165, 1.54) is 0 Å². The Labute approximate surface area is 109 Å². The smallest absolute Gasteiger partial charge is 0 e. The Hall–Kier alpha value is 3.83. The third-order valence-electron chi connectivity index (χ3n) is 0. The fourth-order valence-corrected chi connectivity index (χ4v) is 0. The van der Waals surface area contributed by atoms with Crippen LogP contribution in [0.5, 0.6) is 0 Å². The van der Waals surface area contributed by atoms with Crippen LogP contribution >= 0.6 is 32.7 Å². The minimum atomic E-state index is -1.10. The SMILES string of the molecule is S[As](S)S.[Ag].[Ag].[Ag]. The average Bonchev–Trinajstić information content (AvgIpc) is 0.811. The van der Waals surface area contributed by atoms with Gasteiger partial charge in [-0.3, -0.25) is 0 Å². The molecule has 0 aliphatic rings. The Morgan fingerprint density at radius 2 is 0.714 bits per heavy atom. The molecule has 7 heavy (non-hydrogen) atoms. The van der Waals surface area contributed by atoms with E-state index in [4.69, 9.17) is 0 Å². The summed E-state index contributed by atoms with van der Waals surface area (Å²) >= 11 is -1.10. The molecule has 0 atom stereocenters. The second-order valence-corrected chi connectivity index (χ2v) is 12.5. The topological polar surface area (TPSA) is 0 Å². The Morgan fingerprint density at radius 3 is 0.714 bits per heavy atom. The second-order valence-electron chi connectivity index (χ2n) is 0.268. The first-order valence-electron chi connectivity index (χ1n) is 0.600. The third kappa shape index (κ3) is 41.1. The maximum absolute atomic E-state index is 3.84. The van der Waals surface area contributed by atoms with E-state index in [-0.39, 0.29) is 67.1 Å². The molecule has 0 unspecified atom stereocenters. The van der Waals surface area contributed by atoms with E-state index in [1.807, 2.05) is 0 Å². The van der Waals surface area contributed by atoms with Crippen LogP contribution in [-0.2, 0) is 67.1 Å². The molecule has 0 aliphatic carbocycles. The summed E-state index contributed by atoms with van der Waals surface area (Å²) in [4.78, 5) is 0. The van der Waals surface area contributed by atoms with E-state index in [9.17, 15) is 0 Å². The molecular formula is H3Ag3AsS3. The van der Waals surface area contributed by atoms with Crippen LogP contribution in [-0.4, -0.2) is 11.2 Å². The Bertz CT molecular complexity index is 14.9. The molecule has 0 aromatic heterocycles. The molecule has 0 aromatic rings. The van der Waals surface area contributed by atoms with Crippen molar-refractivity contribution in [3.8, 4) is 0 Å². The minimum Gasteiger partial charge on any atom is 0 e. The van der Waals surface area contributed by atoms with E-state index in [0.717, 1.165) is 0 Å². The van der Waals surface area contributed by atoms with Gasteiger partial charge in [-0.2, -0.15) is 0 Å². The molecule has 0 saturated carbocycles. The van der Waals surface area contributed by atoms with E-state index < -0.39 is 11.2 Å². The third-order valence-corrected chi connectivity index (χ3v) is 0. The van der Waals surface area contributed by atoms with Gasteiger partial charge in [0.05, 0.1) is 0 Å². The van der Waals surface area contributed by atoms with Crippen LogP contribution in [0.2, 0.25) is 0 Å². The van der Waals surface area contributed by atoms with Gasteiger partial charge in [0.25, 0.3) is 0 Å². The van der Waals surface area contributed by atoms with Crippen LogP contribution in [0.1, 0.15) is 0 Å². The van der Waals surface area contributed by atoms with Crippen LogP contribution in [0.15, 0.2) is 0 Å². The number of hydrogen-bond donors (Lipinski definition) is 3. The summed E-state index contributed by atoms with van der Waals surface area (Å²) in [7, 11) is 11.5. The molecule has 0 fully saturated rings. The molecule has 0 nitrogen and oxygen atoms in total. The quantitative estimate of drug-likeness (QED) is 0.319. The van der Waals surface area contributed by atoms with Gasteiger partial charge in [0.15, 0.2) is 0 Å². The van der Waals surface area contributed by atoms with Crippen LogP contribution in [0, 0.1) is 0 Å². The summed E-state index contributed by atoms with van der Waals surface area (Å²) in [5.41, 5.74) is 0. The van der Waals surface area contributed by atoms with Crippen molar-refractivity contribution < 1.29 is 67.1 Å². The first kappa shape index (κ1) is 22.4. The monoisotopic (exact) mass is 495 g/mol. The van der Waals surface area contributed by atoms with Crippen molar-refractivity contribution in [1.82, 2.24) is 0 Å². The van der Waals surface area contributed by atoms with Gasteiger partial charge in [-0.15, -0.1) is 0 Å². The molecule has 0 aromatic carbocycles. The minimum absolute atomic E-state index is 0. The number of thiol groups is 3. The van der Waals surface area contributed by atoms with Gasteiger partial charge in [0.1, 0.15) is 0 Å². The van der Waals surface area contributed by atoms with E-state index in [0.29, 0.717) is 0 Å². The van der Waals surface area contributed by atoms with Gasteiger partial charge >= 0.3 is 43.9 Å². The molecule has 7 heteroatoms. The zero-order valence-electron chi connectivity index (χ0n) is 2.69. The van der Waals surface area contributed by atoms with E-state index >= 15 is 0 Å². The molecule has 0 aliphatic heterocycles. The molecule has 0 spiro atoms. The van der Waals surface area contributed by atoms with Crippen LogP contribution in [0.3, 0.4) is 0 Å². The van der Waals surface area contributed by atoms with Gasteiger partial charge in [0.2, 0.25) is 0 Å². The summed E-state index contributed by atoms with van der Waals surface area (Å²) in [6, 6.07) is 0. The molecule has 0 heterocycles. The summed E-state index contributed by atoms with van der Waals surface area (Å²) < 4.78 is 0. The van der Waals surface area contributed by atoms with E-state index in [1.54, 1.807) is 0 Å². The predicted molar refractivity (Wildman–Crippen MR) is 32.7 cm³/mol. The summed E-state index contributed by atoms with van der Waals surface area (Å²) in [6.07, 6.45) is 0. The van der Waals surface area contributed by atoms with E-state index in [2.05, 4.69) is 32.7 Å². The number of rotatable bonds is 0. The van der Waals surface area contributed by atoms with Gasteiger partial charge in [-0.05, 0) is 0 Å². The van der Waals surface area contributed by atoms with Gasteiger partial charge in [-0.25, -0.2) is 0 Å². The molecule has 3 radical (unpaired) electrons. The molecule has 0 amide bonds. The molecule has 0 bridgehead atoms. The van der Waals surface area contributed by atoms with Crippen LogP contribution in [0.4, 0.5) is 0 Å². The maximum Gasteiger partial charge on any atom is 0 e. The standard InChI is InChI=1S/3Ag.AsH3S3/c;;;2-1(3)4/h;;;2-4H. The van der Waals surface area contributed by atoms with Gasteiger partial charge in [-0.1, -0.05) is 0 Å².